The van der Waals surface area contributed by atoms with Crippen molar-refractivity contribution in [1.29, 1.82) is 5.26 Å². The van der Waals surface area contributed by atoms with Gasteiger partial charge in [-0.25, -0.2) is 0 Å². The monoisotopic (exact) mass is 356 g/mol. The number of morpholine rings is 1. The molecule has 6 heteroatoms. The minimum Gasteiger partial charge on any atom is -0.375 e. The maximum Gasteiger partial charge on any atom is 0.236 e. The standard InChI is InChI=1S/C20H28N4O2/c1-2-19-15-24(11-12-26-19)20(25)16-23-9-7-22(8-10-23)14-18-5-3-17(13-21)4-6-18/h3-6,19H,2,7-12,14-16H2,1H3. The number of hydrogen-bond donors (Lipinski definition) is 0. The van der Waals surface area contributed by atoms with Crippen LogP contribution in [0.15, 0.2) is 24.3 Å². The van der Waals surface area contributed by atoms with Crippen LogP contribution in [0.4, 0.5) is 0 Å². The van der Waals surface area contributed by atoms with Crippen LogP contribution in [0.25, 0.3) is 0 Å². The molecular formula is C20H28N4O2. The van der Waals surface area contributed by atoms with E-state index < -0.39 is 0 Å². The Morgan fingerprint density at radius 1 is 1.15 bits per heavy atom. The summed E-state index contributed by atoms with van der Waals surface area (Å²) in [5, 5.41) is 8.87. The summed E-state index contributed by atoms with van der Waals surface area (Å²) in [4.78, 5) is 19.2. The highest BCUT2D eigenvalue weighted by Gasteiger charge is 2.25. The summed E-state index contributed by atoms with van der Waals surface area (Å²) in [7, 11) is 0. The summed E-state index contributed by atoms with van der Waals surface area (Å²) in [5.74, 6) is 0.229. The largest absolute Gasteiger partial charge is 0.375 e. The number of carbonyl (C=O) groups excluding carboxylic acids is 1. The van der Waals surface area contributed by atoms with Crippen LogP contribution in [0.2, 0.25) is 0 Å². The van der Waals surface area contributed by atoms with Gasteiger partial charge in [-0.1, -0.05) is 19.1 Å². The second-order valence-electron chi connectivity index (χ2n) is 7.10. The lowest BCUT2D eigenvalue weighted by molar-refractivity contribution is -0.140. The second kappa shape index (κ2) is 9.13. The van der Waals surface area contributed by atoms with Gasteiger partial charge in [0.1, 0.15) is 0 Å². The molecule has 1 unspecified atom stereocenters. The van der Waals surface area contributed by atoms with E-state index in [1.807, 2.05) is 29.2 Å². The number of nitriles is 1. The van der Waals surface area contributed by atoms with Crippen LogP contribution < -0.4 is 0 Å². The van der Waals surface area contributed by atoms with Gasteiger partial charge in [0, 0.05) is 45.8 Å². The molecule has 0 aromatic heterocycles. The Bertz CT molecular complexity index is 632. The SMILES string of the molecule is CCC1CN(C(=O)CN2CCN(Cc3ccc(C#N)cc3)CC2)CCO1. The van der Waals surface area contributed by atoms with Gasteiger partial charge in [-0.05, 0) is 24.1 Å². The molecular weight excluding hydrogens is 328 g/mol. The van der Waals surface area contributed by atoms with Crippen molar-refractivity contribution in [3.8, 4) is 6.07 Å². The van der Waals surface area contributed by atoms with E-state index in [2.05, 4.69) is 22.8 Å². The van der Waals surface area contributed by atoms with E-state index >= 15 is 0 Å². The fraction of sp³-hybridized carbons (Fsp3) is 0.600. The predicted octanol–water partition coefficient (Wildman–Crippen LogP) is 1.31. The molecule has 140 valence electrons. The average Bonchev–Trinajstić information content (AvgIpc) is 2.70. The molecule has 2 fully saturated rings. The highest BCUT2D eigenvalue weighted by Crippen LogP contribution is 2.12. The van der Waals surface area contributed by atoms with Gasteiger partial charge in [-0.2, -0.15) is 5.26 Å². The van der Waals surface area contributed by atoms with Crippen molar-refractivity contribution in [2.45, 2.75) is 26.0 Å². The number of benzene rings is 1. The molecule has 6 nitrogen and oxygen atoms in total. The van der Waals surface area contributed by atoms with Crippen LogP contribution in [0.1, 0.15) is 24.5 Å². The number of nitrogens with zero attached hydrogens (tertiary/aromatic N) is 4. The molecule has 3 rings (SSSR count). The first-order valence-corrected chi connectivity index (χ1v) is 9.51. The van der Waals surface area contributed by atoms with Crippen LogP contribution in [0, 0.1) is 11.3 Å². The topological polar surface area (TPSA) is 59.8 Å². The lowest BCUT2D eigenvalue weighted by Crippen LogP contribution is -2.52. The van der Waals surface area contributed by atoms with Crippen molar-refractivity contribution < 1.29 is 9.53 Å². The van der Waals surface area contributed by atoms with Crippen molar-refractivity contribution in [3.63, 3.8) is 0 Å². The molecule has 2 aliphatic heterocycles. The van der Waals surface area contributed by atoms with E-state index in [0.717, 1.165) is 45.7 Å². The number of rotatable bonds is 5. The Labute approximate surface area is 155 Å². The van der Waals surface area contributed by atoms with Gasteiger partial charge in [0.15, 0.2) is 0 Å². The first-order valence-electron chi connectivity index (χ1n) is 9.51. The molecule has 0 N–H and O–H groups in total. The van der Waals surface area contributed by atoms with Crippen molar-refractivity contribution in [3.05, 3.63) is 35.4 Å². The minimum atomic E-state index is 0.192. The summed E-state index contributed by atoms with van der Waals surface area (Å²) >= 11 is 0. The van der Waals surface area contributed by atoms with E-state index in [0.29, 0.717) is 25.3 Å². The van der Waals surface area contributed by atoms with Gasteiger partial charge in [0.2, 0.25) is 5.91 Å². The Hall–Kier alpha value is -1.94. The van der Waals surface area contributed by atoms with E-state index in [1.165, 1.54) is 5.56 Å². The predicted molar refractivity (Wildman–Crippen MR) is 99.5 cm³/mol. The van der Waals surface area contributed by atoms with E-state index in [4.69, 9.17) is 10.00 Å². The number of hydrogen-bond acceptors (Lipinski definition) is 5. The molecule has 1 aromatic rings. The quantitative estimate of drug-likeness (QED) is 0.796. The van der Waals surface area contributed by atoms with E-state index in [-0.39, 0.29) is 12.0 Å². The molecule has 1 amide bonds. The van der Waals surface area contributed by atoms with Crippen molar-refractivity contribution in [1.82, 2.24) is 14.7 Å². The first kappa shape index (κ1) is 18.8. The van der Waals surface area contributed by atoms with Crippen molar-refractivity contribution >= 4 is 5.91 Å². The zero-order chi connectivity index (χ0) is 18.4. The third kappa shape index (κ3) is 5.04. The third-order valence-corrected chi connectivity index (χ3v) is 5.26. The minimum absolute atomic E-state index is 0.192. The molecule has 0 bridgehead atoms. The van der Waals surface area contributed by atoms with Crippen LogP contribution in [0.3, 0.4) is 0 Å². The molecule has 1 aromatic carbocycles. The molecule has 2 saturated heterocycles. The Morgan fingerprint density at radius 2 is 1.85 bits per heavy atom. The molecule has 0 saturated carbocycles. The van der Waals surface area contributed by atoms with Crippen LogP contribution >= 0.6 is 0 Å². The second-order valence-corrected chi connectivity index (χ2v) is 7.10. The summed E-state index contributed by atoms with van der Waals surface area (Å²) < 4.78 is 5.65. The molecule has 0 radical (unpaired) electrons. The zero-order valence-corrected chi connectivity index (χ0v) is 15.6. The van der Waals surface area contributed by atoms with Crippen LogP contribution in [-0.2, 0) is 16.1 Å². The maximum atomic E-state index is 12.5. The summed E-state index contributed by atoms with van der Waals surface area (Å²) in [5.41, 5.74) is 1.93. The van der Waals surface area contributed by atoms with Gasteiger partial charge in [0.05, 0.1) is 30.9 Å². The maximum absolute atomic E-state index is 12.5. The number of carbonyl (C=O) groups is 1. The normalized spacial score (nSPS) is 22.2. The molecule has 2 heterocycles. The molecule has 1 atom stereocenters. The van der Waals surface area contributed by atoms with Gasteiger partial charge < -0.3 is 9.64 Å². The zero-order valence-electron chi connectivity index (χ0n) is 15.6. The Balaban J connectivity index is 1.42. The highest BCUT2D eigenvalue weighted by atomic mass is 16.5. The van der Waals surface area contributed by atoms with Gasteiger partial charge >= 0.3 is 0 Å². The summed E-state index contributed by atoms with van der Waals surface area (Å²) in [6, 6.07) is 9.94. The van der Waals surface area contributed by atoms with Gasteiger partial charge in [0.25, 0.3) is 0 Å². The fourth-order valence-corrected chi connectivity index (χ4v) is 3.53. The molecule has 26 heavy (non-hydrogen) atoms. The summed E-state index contributed by atoms with van der Waals surface area (Å²) in [6.07, 6.45) is 1.15. The molecule has 0 spiro atoms. The van der Waals surface area contributed by atoms with Crippen molar-refractivity contribution in [2.24, 2.45) is 0 Å². The lowest BCUT2D eigenvalue weighted by Gasteiger charge is -2.37. The first-order chi connectivity index (χ1) is 12.7. The number of amides is 1. The smallest absolute Gasteiger partial charge is 0.236 e. The Kier molecular flexibility index (Phi) is 6.62. The van der Waals surface area contributed by atoms with Gasteiger partial charge in [-0.15, -0.1) is 0 Å². The lowest BCUT2D eigenvalue weighted by atomic mass is 10.1. The van der Waals surface area contributed by atoms with E-state index in [1.54, 1.807) is 0 Å². The average molecular weight is 356 g/mol. The fourth-order valence-electron chi connectivity index (χ4n) is 3.53. The Morgan fingerprint density at radius 3 is 2.50 bits per heavy atom. The highest BCUT2D eigenvalue weighted by molar-refractivity contribution is 5.78. The van der Waals surface area contributed by atoms with Crippen LogP contribution in [-0.4, -0.2) is 79.1 Å². The molecule has 0 aliphatic carbocycles. The number of ether oxygens (including phenoxy) is 1. The van der Waals surface area contributed by atoms with Gasteiger partial charge in [-0.3, -0.25) is 14.6 Å². The number of piperazine rings is 1. The van der Waals surface area contributed by atoms with E-state index in [9.17, 15) is 4.79 Å². The van der Waals surface area contributed by atoms with Crippen LogP contribution in [0.5, 0.6) is 0 Å². The molecule has 2 aliphatic rings. The summed E-state index contributed by atoms with van der Waals surface area (Å²) in [6.45, 7) is 9.39. The van der Waals surface area contributed by atoms with Crippen molar-refractivity contribution in [2.75, 3.05) is 52.4 Å². The third-order valence-electron chi connectivity index (χ3n) is 5.26.